The van der Waals surface area contributed by atoms with Crippen LogP contribution < -0.4 is 10.1 Å². The normalized spacial score (nSPS) is 21.8. The maximum Gasteiger partial charge on any atom is 0.239 e. The molecule has 0 spiro atoms. The van der Waals surface area contributed by atoms with Crippen molar-refractivity contribution in [2.24, 2.45) is 4.99 Å². The number of ether oxygens (including phenoxy) is 1. The summed E-state index contributed by atoms with van der Waals surface area (Å²) < 4.78 is 6.29. The zero-order valence-electron chi connectivity index (χ0n) is 19.8. The van der Waals surface area contributed by atoms with Gasteiger partial charge in [-0.1, -0.05) is 18.2 Å². The number of rotatable bonds is 6. The van der Waals surface area contributed by atoms with E-state index in [2.05, 4.69) is 45.2 Å². The van der Waals surface area contributed by atoms with E-state index in [4.69, 9.17) is 4.74 Å². The topological polar surface area (TPSA) is 60.4 Å². The molecule has 2 saturated heterocycles. The lowest BCUT2D eigenvalue weighted by atomic mass is 10.2. The molecule has 2 heterocycles. The number of carbonyl (C=O) groups excluding carboxylic acids is 1. The maximum atomic E-state index is 12.8. The molecular formula is C25H39N5O2. The third-order valence-electron chi connectivity index (χ3n) is 7.15. The van der Waals surface area contributed by atoms with E-state index in [-0.39, 0.29) is 11.9 Å². The minimum Gasteiger partial charge on any atom is -0.490 e. The molecule has 4 rings (SSSR count). The van der Waals surface area contributed by atoms with Gasteiger partial charge in [0.05, 0.1) is 12.1 Å². The van der Waals surface area contributed by atoms with E-state index in [0.717, 1.165) is 76.7 Å². The second-order valence-corrected chi connectivity index (χ2v) is 9.26. The van der Waals surface area contributed by atoms with E-state index in [1.54, 1.807) is 0 Å². The van der Waals surface area contributed by atoms with Crippen molar-refractivity contribution in [3.63, 3.8) is 0 Å². The highest BCUT2D eigenvalue weighted by molar-refractivity contribution is 5.82. The second-order valence-electron chi connectivity index (χ2n) is 9.26. The molecule has 1 unspecified atom stereocenters. The molecule has 0 radical (unpaired) electrons. The molecular weight excluding hydrogens is 402 g/mol. The number of nitrogens with zero attached hydrogens (tertiary/aromatic N) is 4. The Balaban J connectivity index is 1.28. The number of nitrogens with one attached hydrogen (secondary N) is 1. The molecule has 1 atom stereocenters. The summed E-state index contributed by atoms with van der Waals surface area (Å²) in [6.07, 6.45) is 7.50. The molecule has 2 aliphatic heterocycles. The maximum absolute atomic E-state index is 12.8. The van der Waals surface area contributed by atoms with Crippen LogP contribution in [0.5, 0.6) is 5.75 Å². The fourth-order valence-electron chi connectivity index (χ4n) is 5.14. The number of carbonyl (C=O) groups is 1. The van der Waals surface area contributed by atoms with Gasteiger partial charge in [-0.05, 0) is 51.5 Å². The predicted molar refractivity (Wildman–Crippen MR) is 128 cm³/mol. The Kier molecular flexibility index (Phi) is 7.90. The van der Waals surface area contributed by atoms with Crippen molar-refractivity contribution in [2.45, 2.75) is 64.1 Å². The molecule has 0 bridgehead atoms. The number of aliphatic imine (C=N–C) groups is 1. The first-order valence-corrected chi connectivity index (χ1v) is 12.4. The molecule has 1 aromatic rings. The molecule has 3 fully saturated rings. The van der Waals surface area contributed by atoms with Crippen molar-refractivity contribution >= 4 is 11.9 Å². The molecule has 1 saturated carbocycles. The Hall–Kier alpha value is -2.28. The predicted octanol–water partition coefficient (Wildman–Crippen LogP) is 2.71. The SMILES string of the molecule is CN=C(NCc1ccccc1OC1CCCC1)N1CCN(C(C)C(=O)N2CCCC2)CC1. The van der Waals surface area contributed by atoms with Crippen LogP contribution in [-0.4, -0.2) is 85.0 Å². The van der Waals surface area contributed by atoms with Gasteiger partial charge in [0, 0.05) is 58.4 Å². The quantitative estimate of drug-likeness (QED) is 0.543. The number of guanidine groups is 1. The Labute approximate surface area is 192 Å². The number of likely N-dealkylation sites (tertiary alicyclic amines) is 1. The standard InChI is InChI=1S/C25H39N5O2/c1-20(24(31)29-13-7-8-14-29)28-15-17-30(18-16-28)25(26-2)27-19-21-9-3-6-12-23(21)32-22-10-4-5-11-22/h3,6,9,12,20,22H,4-5,7-8,10-11,13-19H2,1-2H3,(H,26,27). The van der Waals surface area contributed by atoms with Gasteiger partial charge in [0.25, 0.3) is 0 Å². The van der Waals surface area contributed by atoms with Crippen LogP contribution in [0, 0.1) is 0 Å². The van der Waals surface area contributed by atoms with Gasteiger partial charge >= 0.3 is 0 Å². The first-order valence-electron chi connectivity index (χ1n) is 12.4. The van der Waals surface area contributed by atoms with E-state index >= 15 is 0 Å². The molecule has 7 heteroatoms. The Morgan fingerprint density at radius 3 is 2.41 bits per heavy atom. The Bertz CT molecular complexity index is 778. The third kappa shape index (κ3) is 5.55. The highest BCUT2D eigenvalue weighted by Gasteiger charge is 2.30. The van der Waals surface area contributed by atoms with E-state index in [9.17, 15) is 4.79 Å². The molecule has 7 nitrogen and oxygen atoms in total. The lowest BCUT2D eigenvalue weighted by molar-refractivity contribution is -0.135. The number of amides is 1. The summed E-state index contributed by atoms with van der Waals surface area (Å²) in [5.74, 6) is 2.19. The number of para-hydroxylation sites is 1. The van der Waals surface area contributed by atoms with Crippen molar-refractivity contribution in [3.05, 3.63) is 29.8 Å². The molecule has 1 N–H and O–H groups in total. The van der Waals surface area contributed by atoms with E-state index in [1.807, 2.05) is 18.0 Å². The van der Waals surface area contributed by atoms with Crippen LogP contribution in [0.3, 0.4) is 0 Å². The third-order valence-corrected chi connectivity index (χ3v) is 7.15. The molecule has 0 aromatic heterocycles. The lowest BCUT2D eigenvalue weighted by Gasteiger charge is -2.39. The summed E-state index contributed by atoms with van der Waals surface area (Å²) in [5, 5.41) is 3.53. The van der Waals surface area contributed by atoms with Crippen molar-refractivity contribution in [2.75, 3.05) is 46.3 Å². The molecule has 1 amide bonds. The largest absolute Gasteiger partial charge is 0.490 e. The molecule has 1 aromatic carbocycles. The monoisotopic (exact) mass is 441 g/mol. The number of hydrogen-bond donors (Lipinski definition) is 1. The van der Waals surface area contributed by atoms with Gasteiger partial charge in [-0.15, -0.1) is 0 Å². The smallest absolute Gasteiger partial charge is 0.239 e. The fourth-order valence-corrected chi connectivity index (χ4v) is 5.14. The van der Waals surface area contributed by atoms with Gasteiger partial charge in [0.1, 0.15) is 5.75 Å². The fraction of sp³-hybridized carbons (Fsp3) is 0.680. The average molecular weight is 442 g/mol. The first kappa shape index (κ1) is 22.9. The van der Waals surface area contributed by atoms with Crippen LogP contribution in [0.15, 0.2) is 29.3 Å². The highest BCUT2D eigenvalue weighted by atomic mass is 16.5. The molecule has 3 aliphatic rings. The van der Waals surface area contributed by atoms with Crippen LogP contribution in [-0.2, 0) is 11.3 Å². The van der Waals surface area contributed by atoms with Gasteiger partial charge in [-0.3, -0.25) is 14.7 Å². The summed E-state index contributed by atoms with van der Waals surface area (Å²) in [5.41, 5.74) is 1.17. The highest BCUT2D eigenvalue weighted by Crippen LogP contribution is 2.26. The van der Waals surface area contributed by atoms with Crippen LogP contribution in [0.2, 0.25) is 0 Å². The molecule has 32 heavy (non-hydrogen) atoms. The summed E-state index contributed by atoms with van der Waals surface area (Å²) in [4.78, 5) is 23.9. The Morgan fingerprint density at radius 1 is 1.03 bits per heavy atom. The molecule has 176 valence electrons. The number of benzene rings is 1. The Morgan fingerprint density at radius 2 is 1.72 bits per heavy atom. The summed E-state index contributed by atoms with van der Waals surface area (Å²) >= 11 is 0. The summed E-state index contributed by atoms with van der Waals surface area (Å²) in [7, 11) is 1.84. The molecule has 1 aliphatic carbocycles. The van der Waals surface area contributed by atoms with Crippen LogP contribution >= 0.6 is 0 Å². The van der Waals surface area contributed by atoms with Crippen LogP contribution in [0.4, 0.5) is 0 Å². The van der Waals surface area contributed by atoms with Gasteiger partial charge in [0.15, 0.2) is 5.96 Å². The van der Waals surface area contributed by atoms with Crippen molar-refractivity contribution in [3.8, 4) is 5.75 Å². The summed E-state index contributed by atoms with van der Waals surface area (Å²) in [6.45, 7) is 8.10. The zero-order chi connectivity index (χ0) is 22.3. The number of hydrogen-bond acceptors (Lipinski definition) is 4. The van der Waals surface area contributed by atoms with Crippen LogP contribution in [0.1, 0.15) is 51.0 Å². The van der Waals surface area contributed by atoms with E-state index in [1.165, 1.54) is 18.4 Å². The van der Waals surface area contributed by atoms with E-state index < -0.39 is 0 Å². The van der Waals surface area contributed by atoms with Gasteiger partial charge in [-0.25, -0.2) is 0 Å². The van der Waals surface area contributed by atoms with Crippen molar-refractivity contribution in [1.29, 1.82) is 0 Å². The second kappa shape index (κ2) is 11.0. The van der Waals surface area contributed by atoms with Crippen LogP contribution in [0.25, 0.3) is 0 Å². The van der Waals surface area contributed by atoms with Crippen molar-refractivity contribution in [1.82, 2.24) is 20.0 Å². The van der Waals surface area contributed by atoms with Gasteiger partial charge in [-0.2, -0.15) is 0 Å². The lowest BCUT2D eigenvalue weighted by Crippen LogP contribution is -2.57. The van der Waals surface area contributed by atoms with Gasteiger partial charge in [0.2, 0.25) is 5.91 Å². The van der Waals surface area contributed by atoms with Crippen molar-refractivity contribution < 1.29 is 9.53 Å². The minimum absolute atomic E-state index is 0.0372. The summed E-state index contributed by atoms with van der Waals surface area (Å²) in [6, 6.07) is 8.29. The zero-order valence-corrected chi connectivity index (χ0v) is 19.8. The minimum atomic E-state index is -0.0372. The first-order chi connectivity index (χ1) is 15.7. The number of piperazine rings is 1. The van der Waals surface area contributed by atoms with E-state index in [0.29, 0.717) is 12.6 Å². The average Bonchev–Trinajstić information content (AvgIpc) is 3.55. The van der Waals surface area contributed by atoms with Gasteiger partial charge < -0.3 is 19.9 Å².